The fraction of sp³-hybridized carbons (Fsp3) is 0.394. The van der Waals surface area contributed by atoms with Crippen molar-refractivity contribution in [2.45, 2.75) is 72.0 Å². The fourth-order valence-electron chi connectivity index (χ4n) is 4.78. The topological polar surface area (TPSA) is 86.8 Å². The normalized spacial score (nSPS) is 12.8. The number of anilines is 1. The van der Waals surface area contributed by atoms with Crippen LogP contribution in [0.25, 0.3) is 0 Å². The van der Waals surface area contributed by atoms with Crippen LogP contribution in [-0.4, -0.2) is 50.0 Å². The Bertz CT molecular complexity index is 1460. The first-order chi connectivity index (χ1) is 19.9. The maximum Gasteiger partial charge on any atom is 0.243 e. The van der Waals surface area contributed by atoms with E-state index in [0.29, 0.717) is 17.1 Å². The predicted octanol–water partition coefficient (Wildman–Crippen LogP) is 6.06. The Kier molecular flexibility index (Phi) is 12.0. The molecular formula is C33H42ClN3O4S. The molecule has 0 aliphatic rings. The van der Waals surface area contributed by atoms with E-state index in [1.165, 1.54) is 10.6 Å². The van der Waals surface area contributed by atoms with Gasteiger partial charge in [0.25, 0.3) is 0 Å². The second-order valence-electron chi connectivity index (χ2n) is 10.9. The minimum Gasteiger partial charge on any atom is -0.352 e. The third-order valence-electron chi connectivity index (χ3n) is 7.36. The van der Waals surface area contributed by atoms with Gasteiger partial charge in [-0.25, -0.2) is 8.42 Å². The SMILES string of the molecule is CC[C@H](C)NC(=O)[C@H](Cc1ccccc1)N(Cc1ccccc1Cl)C(=O)CCCN(c1cc(C)ccc1C)S(C)(=O)=O. The van der Waals surface area contributed by atoms with Crippen LogP contribution in [0.2, 0.25) is 5.02 Å². The van der Waals surface area contributed by atoms with Gasteiger partial charge >= 0.3 is 0 Å². The third kappa shape index (κ3) is 9.33. The molecule has 1 N–H and O–H groups in total. The van der Waals surface area contributed by atoms with Gasteiger partial charge in [0.15, 0.2) is 0 Å². The van der Waals surface area contributed by atoms with E-state index in [-0.39, 0.29) is 43.8 Å². The summed E-state index contributed by atoms with van der Waals surface area (Å²) < 4.78 is 26.9. The summed E-state index contributed by atoms with van der Waals surface area (Å²) in [6.07, 6.45) is 2.60. The Morgan fingerprint density at radius 2 is 1.64 bits per heavy atom. The van der Waals surface area contributed by atoms with Crippen molar-refractivity contribution >= 4 is 39.1 Å². The number of aryl methyl sites for hydroxylation is 2. The fourth-order valence-corrected chi connectivity index (χ4v) is 5.99. The molecule has 0 heterocycles. The van der Waals surface area contributed by atoms with Crippen molar-refractivity contribution < 1.29 is 18.0 Å². The number of rotatable bonds is 14. The third-order valence-corrected chi connectivity index (χ3v) is 8.90. The van der Waals surface area contributed by atoms with Crippen molar-refractivity contribution in [2.75, 3.05) is 17.1 Å². The number of hydrogen-bond acceptors (Lipinski definition) is 4. The van der Waals surface area contributed by atoms with Gasteiger partial charge in [-0.2, -0.15) is 0 Å². The molecule has 0 aliphatic heterocycles. The lowest BCUT2D eigenvalue weighted by Crippen LogP contribution is -2.52. The smallest absolute Gasteiger partial charge is 0.243 e. The van der Waals surface area contributed by atoms with E-state index in [2.05, 4.69) is 5.32 Å². The lowest BCUT2D eigenvalue weighted by molar-refractivity contribution is -0.141. The largest absolute Gasteiger partial charge is 0.352 e. The van der Waals surface area contributed by atoms with E-state index in [0.717, 1.165) is 28.7 Å². The lowest BCUT2D eigenvalue weighted by atomic mass is 10.0. The van der Waals surface area contributed by atoms with Crippen LogP contribution in [-0.2, 0) is 32.6 Å². The summed E-state index contributed by atoms with van der Waals surface area (Å²) in [5, 5.41) is 3.57. The summed E-state index contributed by atoms with van der Waals surface area (Å²) in [5.74, 6) is -0.480. The molecule has 42 heavy (non-hydrogen) atoms. The van der Waals surface area contributed by atoms with Crippen molar-refractivity contribution in [2.24, 2.45) is 0 Å². The molecule has 0 aliphatic carbocycles. The van der Waals surface area contributed by atoms with Crippen LogP contribution >= 0.6 is 11.6 Å². The molecule has 3 aromatic rings. The van der Waals surface area contributed by atoms with Gasteiger partial charge in [-0.15, -0.1) is 0 Å². The number of nitrogens with zero attached hydrogens (tertiary/aromatic N) is 2. The van der Waals surface area contributed by atoms with Crippen LogP contribution in [0.4, 0.5) is 5.69 Å². The van der Waals surface area contributed by atoms with Gasteiger partial charge in [0.05, 0.1) is 11.9 Å². The molecule has 0 bridgehead atoms. The highest BCUT2D eigenvalue weighted by molar-refractivity contribution is 7.92. The number of amides is 2. The zero-order valence-electron chi connectivity index (χ0n) is 25.1. The lowest BCUT2D eigenvalue weighted by Gasteiger charge is -2.33. The Morgan fingerprint density at radius 3 is 2.29 bits per heavy atom. The first kappa shape index (κ1) is 33.1. The summed E-state index contributed by atoms with van der Waals surface area (Å²) in [7, 11) is -3.59. The van der Waals surface area contributed by atoms with Crippen molar-refractivity contribution in [3.05, 3.63) is 100 Å². The van der Waals surface area contributed by atoms with E-state index in [4.69, 9.17) is 11.6 Å². The highest BCUT2D eigenvalue weighted by Crippen LogP contribution is 2.25. The summed E-state index contributed by atoms with van der Waals surface area (Å²) in [5.41, 5.74) is 4.05. The van der Waals surface area contributed by atoms with Gasteiger partial charge in [0.1, 0.15) is 6.04 Å². The van der Waals surface area contributed by atoms with Crippen molar-refractivity contribution in [3.8, 4) is 0 Å². The first-order valence-corrected chi connectivity index (χ1v) is 16.6. The minimum atomic E-state index is -3.59. The predicted molar refractivity (Wildman–Crippen MR) is 171 cm³/mol. The average Bonchev–Trinajstić information content (AvgIpc) is 2.95. The summed E-state index contributed by atoms with van der Waals surface area (Å²) in [6.45, 7) is 8.00. The number of sulfonamides is 1. The van der Waals surface area contributed by atoms with Crippen LogP contribution in [0, 0.1) is 13.8 Å². The summed E-state index contributed by atoms with van der Waals surface area (Å²) in [4.78, 5) is 29.2. The van der Waals surface area contributed by atoms with E-state index < -0.39 is 16.1 Å². The zero-order valence-corrected chi connectivity index (χ0v) is 26.7. The Balaban J connectivity index is 1.92. The Labute approximate surface area is 255 Å². The number of hydrogen-bond donors (Lipinski definition) is 1. The van der Waals surface area contributed by atoms with Gasteiger partial charge in [0.2, 0.25) is 21.8 Å². The van der Waals surface area contributed by atoms with Crippen LogP contribution < -0.4 is 9.62 Å². The molecule has 2 atom stereocenters. The summed E-state index contributed by atoms with van der Waals surface area (Å²) in [6, 6.07) is 21.7. The molecule has 0 saturated heterocycles. The molecule has 0 aromatic heterocycles. The van der Waals surface area contributed by atoms with Gasteiger partial charge in [0, 0.05) is 37.0 Å². The molecule has 9 heteroatoms. The molecule has 0 radical (unpaired) electrons. The van der Waals surface area contributed by atoms with E-state index in [1.54, 1.807) is 11.0 Å². The van der Waals surface area contributed by atoms with Gasteiger partial charge in [-0.3, -0.25) is 13.9 Å². The molecule has 0 spiro atoms. The van der Waals surface area contributed by atoms with Crippen molar-refractivity contribution in [1.82, 2.24) is 10.2 Å². The summed E-state index contributed by atoms with van der Waals surface area (Å²) >= 11 is 6.50. The molecule has 7 nitrogen and oxygen atoms in total. The quantitative estimate of drug-likeness (QED) is 0.240. The molecule has 3 aromatic carbocycles. The number of nitrogens with one attached hydrogen (secondary N) is 1. The van der Waals surface area contributed by atoms with E-state index >= 15 is 0 Å². The maximum absolute atomic E-state index is 14.0. The number of carbonyl (C=O) groups excluding carboxylic acids is 2. The van der Waals surface area contributed by atoms with Crippen LogP contribution in [0.5, 0.6) is 0 Å². The molecule has 226 valence electrons. The van der Waals surface area contributed by atoms with Crippen molar-refractivity contribution in [1.29, 1.82) is 0 Å². The molecule has 2 amide bonds. The molecule has 0 fully saturated rings. The van der Waals surface area contributed by atoms with Crippen LogP contribution in [0.3, 0.4) is 0 Å². The first-order valence-electron chi connectivity index (χ1n) is 14.3. The number of halogens is 1. The highest BCUT2D eigenvalue weighted by Gasteiger charge is 2.31. The Morgan fingerprint density at radius 1 is 0.976 bits per heavy atom. The molecular weight excluding hydrogens is 570 g/mol. The average molecular weight is 612 g/mol. The van der Waals surface area contributed by atoms with Crippen LogP contribution in [0.15, 0.2) is 72.8 Å². The highest BCUT2D eigenvalue weighted by atomic mass is 35.5. The molecule has 0 saturated carbocycles. The molecule has 0 unspecified atom stereocenters. The van der Waals surface area contributed by atoms with Gasteiger partial charge < -0.3 is 10.2 Å². The standard InChI is InChI=1S/C33H42ClN3O4S/c1-6-26(4)35-33(39)31(22-27-13-8-7-9-14-27)36(23-28-15-10-11-16-29(28)34)32(38)17-12-20-37(42(5,40)41)30-21-24(2)18-19-25(30)3/h7-11,13-16,18-19,21,26,31H,6,12,17,20,22-23H2,1-5H3,(H,35,39)/t26-,31-/m0/s1. The Hall–Kier alpha value is -3.36. The van der Waals surface area contributed by atoms with Gasteiger partial charge in [-0.1, -0.05) is 79.2 Å². The second-order valence-corrected chi connectivity index (χ2v) is 13.2. The minimum absolute atomic E-state index is 0.0588. The monoisotopic (exact) mass is 611 g/mol. The second kappa shape index (κ2) is 15.2. The van der Waals surface area contributed by atoms with E-state index in [9.17, 15) is 18.0 Å². The maximum atomic E-state index is 14.0. The van der Waals surface area contributed by atoms with Crippen molar-refractivity contribution in [3.63, 3.8) is 0 Å². The number of benzene rings is 3. The van der Waals surface area contributed by atoms with Gasteiger partial charge in [-0.05, 0) is 68.0 Å². The van der Waals surface area contributed by atoms with Crippen LogP contribution in [0.1, 0.15) is 55.4 Å². The molecule has 3 rings (SSSR count). The van der Waals surface area contributed by atoms with E-state index in [1.807, 2.05) is 94.4 Å². The number of carbonyl (C=O) groups is 2. The zero-order chi connectivity index (χ0) is 30.9.